The molecule has 4 heterocycles. The number of nitrogens with two attached hydrogens (primary N) is 1. The van der Waals surface area contributed by atoms with E-state index in [1.54, 1.807) is 36.5 Å². The van der Waals surface area contributed by atoms with Crippen LogP contribution in [0.4, 0.5) is 25.8 Å². The highest BCUT2D eigenvalue weighted by molar-refractivity contribution is 6.05. The number of amides is 2. The molecule has 1 aliphatic carbocycles. The molecule has 1 atom stereocenters. The van der Waals surface area contributed by atoms with Crippen LogP contribution in [0, 0.1) is 23.0 Å². The van der Waals surface area contributed by atoms with Crippen molar-refractivity contribution in [3.8, 4) is 11.8 Å². The Morgan fingerprint density at radius 1 is 1.00 bits per heavy atom. The van der Waals surface area contributed by atoms with Crippen molar-refractivity contribution < 1.29 is 33.0 Å². The SMILES string of the molecule is CNC(=O)[C@H](CCC=O)c1c(F)cc(N2CCC(N3CCN(C4CCC(N=Cc5cc(NC(=O)c6ccc7cc(C#N)cnn67)c(OCCO)cc5N)CC4)CC3)CC2)cc1F. The predicted octanol–water partition coefficient (Wildman–Crippen LogP) is 4.52. The van der Waals surface area contributed by atoms with Crippen LogP contribution in [0.5, 0.6) is 5.75 Å². The fourth-order valence-corrected chi connectivity index (χ4v) is 9.13. The fourth-order valence-electron chi connectivity index (χ4n) is 9.13. The Labute approximate surface area is 359 Å². The maximum Gasteiger partial charge on any atom is 0.274 e. The number of benzene rings is 2. The number of halogens is 2. The second-order valence-electron chi connectivity index (χ2n) is 16.2. The van der Waals surface area contributed by atoms with Crippen LogP contribution in [0.15, 0.2) is 53.7 Å². The quantitative estimate of drug-likeness (QED) is 0.0747. The Kier molecular flexibility index (Phi) is 14.4. The van der Waals surface area contributed by atoms with Crippen LogP contribution < -0.4 is 26.0 Å². The number of aromatic nitrogens is 2. The summed E-state index contributed by atoms with van der Waals surface area (Å²) < 4.78 is 37.8. The minimum Gasteiger partial charge on any atom is -0.489 e. The van der Waals surface area contributed by atoms with E-state index in [1.165, 1.54) is 29.9 Å². The summed E-state index contributed by atoms with van der Waals surface area (Å²) in [7, 11) is 1.41. The third-order valence-corrected chi connectivity index (χ3v) is 12.5. The van der Waals surface area contributed by atoms with Gasteiger partial charge in [0.2, 0.25) is 5.91 Å². The molecule has 62 heavy (non-hydrogen) atoms. The predicted molar refractivity (Wildman–Crippen MR) is 232 cm³/mol. The van der Waals surface area contributed by atoms with Gasteiger partial charge in [-0.25, -0.2) is 13.3 Å². The van der Waals surface area contributed by atoms with Gasteiger partial charge in [0.25, 0.3) is 5.91 Å². The number of carbonyl (C=O) groups excluding carboxylic acids is 3. The molecule has 0 unspecified atom stereocenters. The van der Waals surface area contributed by atoms with Crippen molar-refractivity contribution >= 4 is 46.9 Å². The first-order chi connectivity index (χ1) is 30.1. The molecule has 0 bridgehead atoms. The highest BCUT2D eigenvalue weighted by Crippen LogP contribution is 2.34. The third kappa shape index (κ3) is 10.0. The summed E-state index contributed by atoms with van der Waals surface area (Å²) in [4.78, 5) is 48.9. The number of carbonyl (C=O) groups is 3. The van der Waals surface area contributed by atoms with E-state index in [2.05, 4.69) is 25.5 Å². The summed E-state index contributed by atoms with van der Waals surface area (Å²) in [5, 5.41) is 28.2. The number of rotatable bonds is 15. The molecule has 1 saturated carbocycles. The number of nitrogens with zero attached hydrogens (tertiary/aromatic N) is 7. The largest absolute Gasteiger partial charge is 0.489 e. The number of nitrogens with one attached hydrogen (secondary N) is 2. The minimum absolute atomic E-state index is 0.0128. The number of ether oxygens (including phenoxy) is 1. The van der Waals surface area contributed by atoms with Gasteiger partial charge in [0.05, 0.1) is 41.5 Å². The van der Waals surface area contributed by atoms with E-state index in [-0.39, 0.29) is 43.4 Å². The molecule has 328 valence electrons. The molecule has 15 nitrogen and oxygen atoms in total. The third-order valence-electron chi connectivity index (χ3n) is 12.5. The molecule has 5 N–H and O–H groups in total. The molecule has 4 aromatic rings. The maximum atomic E-state index is 15.3. The lowest BCUT2D eigenvalue weighted by Crippen LogP contribution is -2.55. The van der Waals surface area contributed by atoms with Gasteiger partial charge in [-0.1, -0.05) is 0 Å². The van der Waals surface area contributed by atoms with E-state index in [0.717, 1.165) is 64.7 Å². The van der Waals surface area contributed by atoms with Gasteiger partial charge >= 0.3 is 0 Å². The highest BCUT2D eigenvalue weighted by Gasteiger charge is 2.33. The monoisotopic (exact) mass is 852 g/mol. The van der Waals surface area contributed by atoms with Gasteiger partial charge < -0.3 is 35.9 Å². The molecule has 7 rings (SSSR count). The van der Waals surface area contributed by atoms with E-state index in [0.29, 0.717) is 70.9 Å². The van der Waals surface area contributed by atoms with Gasteiger partial charge in [0.15, 0.2) is 0 Å². The van der Waals surface area contributed by atoms with Gasteiger partial charge in [-0.2, -0.15) is 10.4 Å². The molecule has 2 aliphatic heterocycles. The number of aliphatic imine (C=N–C) groups is 1. The Morgan fingerprint density at radius 3 is 2.31 bits per heavy atom. The van der Waals surface area contributed by atoms with Crippen LogP contribution >= 0.6 is 0 Å². The van der Waals surface area contributed by atoms with E-state index in [1.807, 2.05) is 11.0 Å². The number of anilines is 3. The fraction of sp³-hybridized carbons (Fsp3) is 0.467. The van der Waals surface area contributed by atoms with E-state index >= 15 is 8.78 Å². The number of hydrogen-bond acceptors (Lipinski definition) is 12. The minimum atomic E-state index is -1.07. The number of aliphatic hydroxyl groups is 1. The average molecular weight is 853 g/mol. The summed E-state index contributed by atoms with van der Waals surface area (Å²) in [6.45, 7) is 5.06. The van der Waals surface area contributed by atoms with Crippen LogP contribution in [0.25, 0.3) is 5.52 Å². The van der Waals surface area contributed by atoms with Crippen molar-refractivity contribution in [1.29, 1.82) is 5.26 Å². The first kappa shape index (κ1) is 44.1. The zero-order chi connectivity index (χ0) is 43.8. The Bertz CT molecular complexity index is 2280. The number of nitrogen functional groups attached to an aromatic ring is 1. The first-order valence-corrected chi connectivity index (χ1v) is 21.4. The van der Waals surface area contributed by atoms with Crippen molar-refractivity contribution in [3.05, 3.63) is 82.7 Å². The van der Waals surface area contributed by atoms with Gasteiger partial charge in [-0.05, 0) is 81.3 Å². The van der Waals surface area contributed by atoms with E-state index < -0.39 is 29.4 Å². The molecule has 2 aromatic carbocycles. The van der Waals surface area contributed by atoms with Crippen molar-refractivity contribution in [3.63, 3.8) is 0 Å². The molecule has 0 radical (unpaired) electrons. The number of piperidine rings is 1. The zero-order valence-corrected chi connectivity index (χ0v) is 34.9. The van der Waals surface area contributed by atoms with Crippen LogP contribution in [0.1, 0.15) is 84.5 Å². The van der Waals surface area contributed by atoms with Gasteiger partial charge in [-0.3, -0.25) is 24.4 Å². The molecule has 2 saturated heterocycles. The molecule has 2 aromatic heterocycles. The normalized spacial score (nSPS) is 19.6. The number of aliphatic hydroxyl groups excluding tert-OH is 1. The first-order valence-electron chi connectivity index (χ1n) is 21.4. The number of nitriles is 1. The summed E-state index contributed by atoms with van der Waals surface area (Å²) in [5.41, 5.74) is 9.28. The van der Waals surface area contributed by atoms with Crippen molar-refractivity contribution in [2.24, 2.45) is 4.99 Å². The Hall–Kier alpha value is -5.96. The molecule has 17 heteroatoms. The lowest BCUT2D eigenvalue weighted by Gasteiger charge is -2.46. The van der Waals surface area contributed by atoms with Crippen molar-refractivity contribution in [1.82, 2.24) is 24.7 Å². The van der Waals surface area contributed by atoms with Gasteiger partial charge in [0, 0.05) is 99.6 Å². The second-order valence-corrected chi connectivity index (χ2v) is 16.2. The lowest BCUT2D eigenvalue weighted by atomic mass is 9.90. The van der Waals surface area contributed by atoms with E-state index in [4.69, 9.17) is 15.5 Å². The molecule has 3 aliphatic rings. The van der Waals surface area contributed by atoms with Crippen LogP contribution in [-0.2, 0) is 9.59 Å². The summed E-state index contributed by atoms with van der Waals surface area (Å²) in [6, 6.07) is 14.0. The van der Waals surface area contributed by atoms with Gasteiger partial charge in [0.1, 0.15) is 42.0 Å². The average Bonchev–Trinajstić information content (AvgIpc) is 3.73. The molecule has 2 amide bonds. The van der Waals surface area contributed by atoms with Gasteiger partial charge in [-0.15, -0.1) is 0 Å². The lowest BCUT2D eigenvalue weighted by molar-refractivity contribution is -0.122. The molecule has 0 spiro atoms. The summed E-state index contributed by atoms with van der Waals surface area (Å²) >= 11 is 0. The number of fused-ring (bicyclic) bond motifs is 1. The summed E-state index contributed by atoms with van der Waals surface area (Å²) in [6.07, 6.45) is 9.60. The maximum absolute atomic E-state index is 15.3. The van der Waals surface area contributed by atoms with Crippen LogP contribution in [0.3, 0.4) is 0 Å². The second kappa shape index (κ2) is 20.3. The van der Waals surface area contributed by atoms with Crippen LogP contribution in [0.2, 0.25) is 0 Å². The van der Waals surface area contributed by atoms with E-state index in [9.17, 15) is 24.8 Å². The smallest absolute Gasteiger partial charge is 0.274 e. The Balaban J connectivity index is 0.891. The number of piperazine rings is 1. The molecular weight excluding hydrogens is 799 g/mol. The number of likely N-dealkylation sites (N-methyl/N-ethyl adjacent to an activating group) is 1. The molecular formula is C45H54F2N10O5. The van der Waals surface area contributed by atoms with Crippen LogP contribution in [-0.4, -0.2) is 126 Å². The topological polar surface area (TPSA) is 194 Å². The van der Waals surface area contributed by atoms with Crippen molar-refractivity contribution in [2.45, 2.75) is 75.4 Å². The zero-order valence-electron chi connectivity index (χ0n) is 34.9. The number of aldehydes is 1. The van der Waals surface area contributed by atoms with Crippen molar-refractivity contribution in [2.75, 3.05) is 75.5 Å². The summed E-state index contributed by atoms with van der Waals surface area (Å²) in [5.74, 6) is -3.26. The number of hydrogen-bond donors (Lipinski definition) is 4. The Morgan fingerprint density at radius 2 is 1.68 bits per heavy atom. The standard InChI is InChI=1S/C45H54F2N10O5/c1-50-44(60)36(3-2-18-58)43-37(46)23-35(24-38(43)47)54-12-10-33(11-13-54)56-16-14-55(15-17-56)32-6-4-31(5-7-32)51-28-30-22-40(42(25-39(30)49)62-20-19-59)53-45(61)41-9-8-34-21-29(26-48)27-52-57(34)41/h8-9,18,21-25,27-28,31-33,36,59H,2-7,10-17,19-20,49H2,1H3,(H,50,60)(H,53,61)/t31?,32?,36-/m1/s1. The highest BCUT2D eigenvalue weighted by atomic mass is 19.1. The molecule has 3 fully saturated rings.